The number of hydrogen-bond donors (Lipinski definition) is 9. The molecule has 0 spiro atoms. The normalized spacial score (nSPS) is 14.6. The molecule has 0 aromatic heterocycles. The van der Waals surface area contributed by atoms with Gasteiger partial charge in [-0.1, -0.05) is 0 Å². The number of thiol groups is 1. The molecule has 11 N–H and O–H groups in total. The van der Waals surface area contributed by atoms with Crippen LogP contribution in [0, 0.1) is 0 Å². The first-order chi connectivity index (χ1) is 14.6. The number of carboxylic acid groups (broad SMARTS) is 1. The molecule has 31 heavy (non-hydrogen) atoms. The van der Waals surface area contributed by atoms with Crippen molar-refractivity contribution in [3.8, 4) is 0 Å². The fourth-order valence-electron chi connectivity index (χ4n) is 2.39. The van der Waals surface area contributed by atoms with E-state index in [0.29, 0.717) is 19.4 Å². The molecule has 0 fully saturated rings. The molecular weight excluding hydrogens is 432 g/mol. The van der Waals surface area contributed by atoms with Gasteiger partial charge in [-0.2, -0.15) is 12.6 Å². The van der Waals surface area contributed by atoms with Crippen molar-refractivity contribution in [3.05, 3.63) is 0 Å². The van der Waals surface area contributed by atoms with Gasteiger partial charge in [0.1, 0.15) is 18.1 Å². The highest BCUT2D eigenvalue weighted by atomic mass is 32.1. The van der Waals surface area contributed by atoms with Crippen LogP contribution in [0.1, 0.15) is 32.1 Å². The van der Waals surface area contributed by atoms with Gasteiger partial charge >= 0.3 is 5.97 Å². The van der Waals surface area contributed by atoms with Gasteiger partial charge in [0, 0.05) is 12.2 Å². The van der Waals surface area contributed by atoms with Crippen LogP contribution in [-0.2, 0) is 24.0 Å². The Kier molecular flexibility index (Phi) is 14.2. The van der Waals surface area contributed by atoms with Crippen LogP contribution < -0.4 is 33.2 Å². The molecule has 0 aliphatic carbocycles. The van der Waals surface area contributed by atoms with Gasteiger partial charge in [0.2, 0.25) is 23.6 Å². The Morgan fingerprint density at radius 2 is 1.42 bits per heavy atom. The third-order valence-electron chi connectivity index (χ3n) is 4.23. The first-order valence-corrected chi connectivity index (χ1v) is 10.3. The maximum Gasteiger partial charge on any atom is 0.327 e. The summed E-state index contributed by atoms with van der Waals surface area (Å²) in [6.07, 6.45) is 0.984. The minimum Gasteiger partial charge on any atom is -0.480 e. The summed E-state index contributed by atoms with van der Waals surface area (Å²) in [5.41, 5.74) is 16.1. The maximum atomic E-state index is 12.5. The first-order valence-electron chi connectivity index (χ1n) is 9.66. The number of carbonyl (C=O) groups is 5. The van der Waals surface area contributed by atoms with E-state index in [1.165, 1.54) is 0 Å². The fourth-order valence-corrected chi connectivity index (χ4v) is 2.64. The van der Waals surface area contributed by atoms with E-state index in [9.17, 15) is 29.1 Å². The molecule has 4 amide bonds. The first kappa shape index (κ1) is 28.6. The zero-order valence-corrected chi connectivity index (χ0v) is 18.0. The highest BCUT2D eigenvalue weighted by Crippen LogP contribution is 2.04. The smallest absolute Gasteiger partial charge is 0.327 e. The highest BCUT2D eigenvalue weighted by Gasteiger charge is 2.29. The molecule has 0 aliphatic heterocycles. The summed E-state index contributed by atoms with van der Waals surface area (Å²) in [7, 11) is 0. The van der Waals surface area contributed by atoms with Crippen LogP contribution in [0.15, 0.2) is 0 Å². The number of amides is 4. The molecule has 0 radical (unpaired) electrons. The third-order valence-corrected chi connectivity index (χ3v) is 4.60. The van der Waals surface area contributed by atoms with Crippen molar-refractivity contribution in [2.24, 2.45) is 17.2 Å². The van der Waals surface area contributed by atoms with Crippen molar-refractivity contribution in [2.45, 2.75) is 56.3 Å². The number of unbranched alkanes of at least 4 members (excludes halogenated alkanes) is 1. The Hall–Kier alpha value is -2.42. The van der Waals surface area contributed by atoms with Crippen LogP contribution in [0.2, 0.25) is 0 Å². The number of aliphatic hydroxyl groups excluding tert-OH is 1. The van der Waals surface area contributed by atoms with Crippen molar-refractivity contribution in [1.29, 1.82) is 0 Å². The van der Waals surface area contributed by atoms with Crippen LogP contribution in [0.5, 0.6) is 0 Å². The number of rotatable bonds is 16. The number of carbonyl (C=O) groups excluding carboxylic acids is 4. The van der Waals surface area contributed by atoms with E-state index in [1.807, 2.05) is 0 Å². The summed E-state index contributed by atoms with van der Waals surface area (Å²) >= 11 is 3.87. The van der Waals surface area contributed by atoms with Crippen molar-refractivity contribution in [2.75, 3.05) is 18.9 Å². The SMILES string of the molecule is NCCCCC(NC(=O)C(CO)NC(=O)C(N)CCC(N)=O)C(=O)NC(CS)C(=O)O. The summed E-state index contributed by atoms with van der Waals surface area (Å²) in [5.74, 6) is -4.52. The maximum absolute atomic E-state index is 12.5. The van der Waals surface area contributed by atoms with E-state index in [0.717, 1.165) is 0 Å². The molecule has 0 aromatic rings. The number of carboxylic acids is 1. The molecule has 0 saturated heterocycles. The number of aliphatic hydroxyl groups is 1. The predicted octanol–water partition coefficient (Wildman–Crippen LogP) is -3.83. The monoisotopic (exact) mass is 464 g/mol. The number of nitrogens with two attached hydrogens (primary N) is 3. The second kappa shape index (κ2) is 15.4. The van der Waals surface area contributed by atoms with E-state index in [4.69, 9.17) is 22.3 Å². The van der Waals surface area contributed by atoms with Gasteiger partial charge in [0.15, 0.2) is 0 Å². The molecule has 178 valence electrons. The van der Waals surface area contributed by atoms with Gasteiger partial charge in [0.05, 0.1) is 12.6 Å². The lowest BCUT2D eigenvalue weighted by Crippen LogP contribution is -2.58. The van der Waals surface area contributed by atoms with Gasteiger partial charge in [-0.25, -0.2) is 4.79 Å². The zero-order chi connectivity index (χ0) is 24.0. The van der Waals surface area contributed by atoms with Crippen molar-refractivity contribution in [3.63, 3.8) is 0 Å². The summed E-state index contributed by atoms with van der Waals surface area (Å²) in [6, 6.07) is -4.95. The van der Waals surface area contributed by atoms with Crippen molar-refractivity contribution in [1.82, 2.24) is 16.0 Å². The number of nitrogens with one attached hydrogen (secondary N) is 3. The van der Waals surface area contributed by atoms with Crippen LogP contribution in [0.25, 0.3) is 0 Å². The van der Waals surface area contributed by atoms with E-state index < -0.39 is 60.4 Å². The average molecular weight is 465 g/mol. The van der Waals surface area contributed by atoms with E-state index >= 15 is 0 Å². The summed E-state index contributed by atoms with van der Waals surface area (Å²) < 4.78 is 0. The highest BCUT2D eigenvalue weighted by molar-refractivity contribution is 7.80. The molecule has 0 bridgehead atoms. The molecule has 14 heteroatoms. The van der Waals surface area contributed by atoms with Crippen LogP contribution >= 0.6 is 12.6 Å². The van der Waals surface area contributed by atoms with Gasteiger partial charge < -0.3 is 43.4 Å². The zero-order valence-electron chi connectivity index (χ0n) is 17.1. The van der Waals surface area contributed by atoms with E-state index in [2.05, 4.69) is 28.6 Å². The predicted molar refractivity (Wildman–Crippen MR) is 114 cm³/mol. The molecule has 4 atom stereocenters. The summed E-state index contributed by atoms with van der Waals surface area (Å²) in [4.78, 5) is 58.9. The summed E-state index contributed by atoms with van der Waals surface area (Å²) in [5, 5.41) is 25.4. The van der Waals surface area contributed by atoms with Crippen LogP contribution in [0.4, 0.5) is 0 Å². The Morgan fingerprint density at radius 3 is 1.90 bits per heavy atom. The minimum atomic E-state index is -1.42. The molecule has 0 saturated carbocycles. The van der Waals surface area contributed by atoms with E-state index in [-0.39, 0.29) is 25.0 Å². The molecular formula is C17H32N6O7S. The standard InChI is InChI=1S/C17H32N6O7S/c18-6-2-1-3-10(15(27)23-12(8-31)17(29)30)21-16(28)11(7-24)22-14(26)9(19)4-5-13(20)25/h9-12,24,31H,1-8,18-19H2,(H2,20,25)(H,21,28)(H,22,26)(H,23,27)(H,29,30). The third kappa shape index (κ3) is 11.5. The Bertz CT molecular complexity index is 636. The van der Waals surface area contributed by atoms with Gasteiger partial charge in [-0.15, -0.1) is 0 Å². The molecule has 0 aromatic carbocycles. The average Bonchev–Trinajstić information content (AvgIpc) is 2.72. The molecule has 0 aliphatic rings. The lowest BCUT2D eigenvalue weighted by Gasteiger charge is -2.24. The number of hydrogen-bond acceptors (Lipinski definition) is 9. The summed E-state index contributed by atoms with van der Waals surface area (Å²) in [6.45, 7) is -0.430. The fraction of sp³-hybridized carbons (Fsp3) is 0.706. The van der Waals surface area contributed by atoms with Crippen LogP contribution in [-0.4, -0.2) is 82.9 Å². The lowest BCUT2D eigenvalue weighted by molar-refractivity contribution is -0.141. The number of primary amides is 1. The van der Waals surface area contributed by atoms with Crippen molar-refractivity contribution >= 4 is 42.2 Å². The van der Waals surface area contributed by atoms with Crippen molar-refractivity contribution < 1.29 is 34.2 Å². The molecule has 0 rings (SSSR count). The quantitative estimate of drug-likeness (QED) is 0.0801. The Morgan fingerprint density at radius 1 is 0.871 bits per heavy atom. The second-order valence-electron chi connectivity index (χ2n) is 6.78. The van der Waals surface area contributed by atoms with Gasteiger partial charge in [0.25, 0.3) is 0 Å². The number of aliphatic carboxylic acids is 1. The lowest BCUT2D eigenvalue weighted by atomic mass is 10.1. The van der Waals surface area contributed by atoms with E-state index in [1.54, 1.807) is 0 Å². The topological polar surface area (TPSA) is 240 Å². The van der Waals surface area contributed by atoms with Crippen LogP contribution in [0.3, 0.4) is 0 Å². The Balaban J connectivity index is 5.12. The van der Waals surface area contributed by atoms with Gasteiger partial charge in [-0.05, 0) is 32.2 Å². The molecule has 4 unspecified atom stereocenters. The minimum absolute atomic E-state index is 0.0502. The molecule has 13 nitrogen and oxygen atoms in total. The Labute approximate surface area is 185 Å². The second-order valence-corrected chi connectivity index (χ2v) is 7.15. The van der Waals surface area contributed by atoms with Gasteiger partial charge in [-0.3, -0.25) is 19.2 Å². The molecule has 0 heterocycles. The largest absolute Gasteiger partial charge is 0.480 e.